The molecular formula is C22H21FN4O4. The number of piperidine rings is 1. The highest BCUT2D eigenvalue weighted by Crippen LogP contribution is 2.32. The lowest BCUT2D eigenvalue weighted by molar-refractivity contribution is 0.128. The van der Waals surface area contributed by atoms with Crippen LogP contribution in [0.3, 0.4) is 0 Å². The van der Waals surface area contributed by atoms with E-state index >= 15 is 0 Å². The SMILES string of the molecule is O=C(Nc1ccc2ncoc2c1)OCCN1CCC(c2noc3cc(F)ccc23)CC1. The Morgan fingerprint density at radius 2 is 2.06 bits per heavy atom. The monoisotopic (exact) mass is 424 g/mol. The summed E-state index contributed by atoms with van der Waals surface area (Å²) in [5.74, 6) is -0.0502. The molecule has 1 aliphatic heterocycles. The van der Waals surface area contributed by atoms with Crippen molar-refractivity contribution in [2.75, 3.05) is 31.6 Å². The lowest BCUT2D eigenvalue weighted by Crippen LogP contribution is -2.36. The average molecular weight is 424 g/mol. The van der Waals surface area contributed by atoms with Crippen LogP contribution in [0.25, 0.3) is 22.1 Å². The zero-order valence-corrected chi connectivity index (χ0v) is 16.7. The van der Waals surface area contributed by atoms with Crippen molar-refractivity contribution in [3.05, 3.63) is 54.3 Å². The van der Waals surface area contributed by atoms with Gasteiger partial charge >= 0.3 is 6.09 Å². The van der Waals surface area contributed by atoms with Crippen molar-refractivity contribution < 1.29 is 22.9 Å². The Kier molecular flexibility index (Phi) is 5.25. The molecule has 0 atom stereocenters. The van der Waals surface area contributed by atoms with E-state index < -0.39 is 6.09 Å². The Morgan fingerprint density at radius 1 is 1.19 bits per heavy atom. The third-order valence-electron chi connectivity index (χ3n) is 5.65. The molecule has 3 heterocycles. The second kappa shape index (κ2) is 8.35. The molecule has 4 aromatic rings. The molecule has 1 fully saturated rings. The summed E-state index contributed by atoms with van der Waals surface area (Å²) in [6.07, 6.45) is 2.70. The van der Waals surface area contributed by atoms with Gasteiger partial charge in [-0.05, 0) is 50.2 Å². The predicted octanol–water partition coefficient (Wildman–Crippen LogP) is 4.54. The number of carbonyl (C=O) groups excluding carboxylic acids is 1. The first kappa shape index (κ1) is 19.5. The van der Waals surface area contributed by atoms with Crippen LogP contribution < -0.4 is 5.32 Å². The first-order valence-electron chi connectivity index (χ1n) is 10.2. The number of aromatic nitrogens is 2. The zero-order chi connectivity index (χ0) is 21.2. The summed E-state index contributed by atoms with van der Waals surface area (Å²) in [7, 11) is 0. The van der Waals surface area contributed by atoms with Gasteiger partial charge in [-0.15, -0.1) is 0 Å². The van der Waals surface area contributed by atoms with Gasteiger partial charge in [0.2, 0.25) is 0 Å². The van der Waals surface area contributed by atoms with E-state index in [1.165, 1.54) is 18.5 Å². The van der Waals surface area contributed by atoms with Gasteiger partial charge < -0.3 is 13.7 Å². The van der Waals surface area contributed by atoms with Crippen molar-refractivity contribution in [2.45, 2.75) is 18.8 Å². The molecule has 1 N–H and O–H groups in total. The van der Waals surface area contributed by atoms with Crippen LogP contribution in [-0.2, 0) is 4.74 Å². The van der Waals surface area contributed by atoms with Gasteiger partial charge in [0, 0.05) is 35.7 Å². The summed E-state index contributed by atoms with van der Waals surface area (Å²) >= 11 is 0. The molecule has 2 aromatic carbocycles. The Labute approximate surface area is 176 Å². The molecule has 9 heteroatoms. The quantitative estimate of drug-likeness (QED) is 0.503. The van der Waals surface area contributed by atoms with Gasteiger partial charge in [0.15, 0.2) is 17.6 Å². The number of hydrogen-bond acceptors (Lipinski definition) is 7. The Morgan fingerprint density at radius 3 is 2.94 bits per heavy atom. The van der Waals surface area contributed by atoms with Gasteiger partial charge in [-0.25, -0.2) is 14.2 Å². The van der Waals surface area contributed by atoms with E-state index in [0.717, 1.165) is 42.5 Å². The fraction of sp³-hybridized carbons (Fsp3) is 0.318. The Bertz CT molecular complexity index is 1210. The number of oxazole rings is 1. The van der Waals surface area contributed by atoms with Crippen molar-refractivity contribution in [1.29, 1.82) is 0 Å². The van der Waals surface area contributed by atoms with Crippen molar-refractivity contribution in [3.63, 3.8) is 0 Å². The van der Waals surface area contributed by atoms with Crippen molar-refractivity contribution >= 4 is 33.8 Å². The van der Waals surface area contributed by atoms with Crippen LogP contribution >= 0.6 is 0 Å². The molecule has 1 saturated heterocycles. The standard InChI is InChI=1S/C22H21FN4O4/c23-15-1-3-17-19(11-15)31-26-21(17)14-5-7-27(8-6-14)9-10-29-22(28)25-16-2-4-18-20(12-16)30-13-24-18/h1-4,11-14H,5-10H2,(H,25,28). The van der Waals surface area contributed by atoms with Crippen molar-refractivity contribution in [1.82, 2.24) is 15.0 Å². The smallest absolute Gasteiger partial charge is 0.411 e. The van der Waals surface area contributed by atoms with E-state index in [-0.39, 0.29) is 11.7 Å². The minimum atomic E-state index is -0.505. The molecule has 0 aliphatic carbocycles. The number of nitrogens with zero attached hydrogens (tertiary/aromatic N) is 3. The highest BCUT2D eigenvalue weighted by molar-refractivity contribution is 5.88. The van der Waals surface area contributed by atoms with Crippen molar-refractivity contribution in [3.8, 4) is 0 Å². The van der Waals surface area contributed by atoms with Crippen LogP contribution in [0.4, 0.5) is 14.9 Å². The fourth-order valence-electron chi connectivity index (χ4n) is 4.01. The average Bonchev–Trinajstić information content (AvgIpc) is 3.40. The van der Waals surface area contributed by atoms with Crippen LogP contribution in [0.2, 0.25) is 0 Å². The maximum Gasteiger partial charge on any atom is 0.411 e. The highest BCUT2D eigenvalue weighted by Gasteiger charge is 2.25. The van der Waals surface area contributed by atoms with E-state index in [9.17, 15) is 9.18 Å². The minimum Gasteiger partial charge on any atom is -0.448 e. The molecular weight excluding hydrogens is 403 g/mol. The highest BCUT2D eigenvalue weighted by atomic mass is 19.1. The van der Waals surface area contributed by atoms with Gasteiger partial charge in [-0.1, -0.05) is 5.16 Å². The molecule has 1 aliphatic rings. The number of nitrogens with one attached hydrogen (secondary N) is 1. The van der Waals surface area contributed by atoms with Crippen LogP contribution in [0.1, 0.15) is 24.5 Å². The molecule has 0 saturated carbocycles. The summed E-state index contributed by atoms with van der Waals surface area (Å²) in [5, 5.41) is 7.75. The molecule has 0 radical (unpaired) electrons. The van der Waals surface area contributed by atoms with Crippen LogP contribution in [0.5, 0.6) is 0 Å². The largest absolute Gasteiger partial charge is 0.448 e. The lowest BCUT2D eigenvalue weighted by Gasteiger charge is -2.30. The summed E-state index contributed by atoms with van der Waals surface area (Å²) in [4.78, 5) is 18.3. The van der Waals surface area contributed by atoms with E-state index in [1.807, 2.05) is 0 Å². The normalized spacial score (nSPS) is 15.5. The Hall–Kier alpha value is -3.46. The number of carbonyl (C=O) groups is 1. The number of amides is 1. The molecule has 2 aromatic heterocycles. The number of rotatable bonds is 5. The number of hydrogen-bond donors (Lipinski definition) is 1. The van der Waals surface area contributed by atoms with E-state index in [4.69, 9.17) is 13.7 Å². The minimum absolute atomic E-state index is 0.276. The molecule has 31 heavy (non-hydrogen) atoms. The van der Waals surface area contributed by atoms with Gasteiger partial charge in [-0.3, -0.25) is 10.2 Å². The van der Waals surface area contributed by atoms with Gasteiger partial charge in [-0.2, -0.15) is 0 Å². The molecule has 160 valence electrons. The second-order valence-corrected chi connectivity index (χ2v) is 7.62. The summed E-state index contributed by atoms with van der Waals surface area (Å²) in [6.45, 7) is 2.69. The predicted molar refractivity (Wildman–Crippen MR) is 111 cm³/mol. The lowest BCUT2D eigenvalue weighted by atomic mass is 9.91. The number of ether oxygens (including phenoxy) is 1. The van der Waals surface area contributed by atoms with Gasteiger partial charge in [0.25, 0.3) is 0 Å². The zero-order valence-electron chi connectivity index (χ0n) is 16.7. The van der Waals surface area contributed by atoms with E-state index in [2.05, 4.69) is 20.4 Å². The summed E-state index contributed by atoms with van der Waals surface area (Å²) in [5.41, 5.74) is 3.31. The summed E-state index contributed by atoms with van der Waals surface area (Å²) < 4.78 is 29.2. The third-order valence-corrected chi connectivity index (χ3v) is 5.65. The first-order chi connectivity index (χ1) is 15.2. The number of fused-ring (bicyclic) bond motifs is 2. The number of likely N-dealkylation sites (tertiary alicyclic amines) is 1. The van der Waals surface area contributed by atoms with Gasteiger partial charge in [0.1, 0.15) is 17.9 Å². The maximum absolute atomic E-state index is 13.3. The molecule has 0 spiro atoms. The molecule has 0 bridgehead atoms. The first-order valence-corrected chi connectivity index (χ1v) is 10.2. The molecule has 5 rings (SSSR count). The third kappa shape index (κ3) is 4.22. The van der Waals surface area contributed by atoms with Crippen LogP contribution in [0, 0.1) is 5.82 Å². The second-order valence-electron chi connectivity index (χ2n) is 7.62. The number of halogens is 1. The van der Waals surface area contributed by atoms with Crippen LogP contribution in [0.15, 0.2) is 51.7 Å². The van der Waals surface area contributed by atoms with Crippen molar-refractivity contribution in [2.24, 2.45) is 0 Å². The van der Waals surface area contributed by atoms with E-state index in [0.29, 0.717) is 30.0 Å². The topological polar surface area (TPSA) is 93.6 Å². The van der Waals surface area contributed by atoms with Gasteiger partial charge in [0.05, 0.1) is 5.69 Å². The fourth-order valence-corrected chi connectivity index (χ4v) is 4.01. The summed E-state index contributed by atoms with van der Waals surface area (Å²) in [6, 6.07) is 9.76. The van der Waals surface area contributed by atoms with Crippen LogP contribution in [-0.4, -0.2) is 47.4 Å². The number of anilines is 1. The molecule has 1 amide bonds. The number of benzene rings is 2. The Balaban J connectivity index is 1.08. The maximum atomic E-state index is 13.3. The molecule has 0 unspecified atom stereocenters. The molecule has 8 nitrogen and oxygen atoms in total. The van der Waals surface area contributed by atoms with E-state index in [1.54, 1.807) is 24.3 Å².